The molecule has 1 unspecified atom stereocenters. The van der Waals surface area contributed by atoms with Gasteiger partial charge >= 0.3 is 0 Å². The highest BCUT2D eigenvalue weighted by molar-refractivity contribution is 7.92. The number of rotatable bonds is 2. The van der Waals surface area contributed by atoms with Crippen molar-refractivity contribution in [2.24, 2.45) is 0 Å². The van der Waals surface area contributed by atoms with Crippen LogP contribution in [0.25, 0.3) is 0 Å². The summed E-state index contributed by atoms with van der Waals surface area (Å²) in [7, 11) is -1.24. The van der Waals surface area contributed by atoms with E-state index in [4.69, 9.17) is 0 Å². The fourth-order valence-electron chi connectivity index (χ4n) is 3.43. The van der Waals surface area contributed by atoms with Crippen LogP contribution in [0, 0.1) is 0 Å². The summed E-state index contributed by atoms with van der Waals surface area (Å²) in [4.78, 5) is 16.7. The lowest BCUT2D eigenvalue weighted by Gasteiger charge is -2.32. The molecule has 1 aromatic rings. The average Bonchev–Trinajstić information content (AvgIpc) is 2.82. The van der Waals surface area contributed by atoms with E-state index in [-0.39, 0.29) is 11.9 Å². The summed E-state index contributed by atoms with van der Waals surface area (Å²) in [5, 5.41) is 0. The van der Waals surface area contributed by atoms with E-state index in [1.807, 2.05) is 17.9 Å². The molecule has 0 bridgehead atoms. The van der Waals surface area contributed by atoms with E-state index in [9.17, 15) is 13.2 Å². The lowest BCUT2D eigenvalue weighted by molar-refractivity contribution is 0.0664. The largest absolute Gasteiger partial charge is 0.336 e. The Bertz CT molecular complexity index is 724. The van der Waals surface area contributed by atoms with E-state index in [0.29, 0.717) is 17.7 Å². The Morgan fingerprint density at radius 3 is 2.43 bits per heavy atom. The number of nitrogens with zero attached hydrogens (tertiary/aromatic N) is 3. The van der Waals surface area contributed by atoms with E-state index in [0.717, 1.165) is 31.7 Å². The van der Waals surface area contributed by atoms with Crippen molar-refractivity contribution in [2.45, 2.75) is 19.4 Å². The standard InChI is InChI=1S/C16H23N3O3S/c1-12-10-14-11-13(4-5-15(14)19(12)23(3,21)22)16(20)18-8-6-17(2)7-9-18/h4-5,11-12H,6-10H2,1-3H3. The Labute approximate surface area is 137 Å². The van der Waals surface area contributed by atoms with Gasteiger partial charge in [0.1, 0.15) is 0 Å². The van der Waals surface area contributed by atoms with Gasteiger partial charge in [-0.25, -0.2) is 8.42 Å². The van der Waals surface area contributed by atoms with E-state index < -0.39 is 10.0 Å². The third-order valence-electron chi connectivity index (χ3n) is 4.63. The molecule has 0 radical (unpaired) electrons. The number of benzene rings is 1. The van der Waals surface area contributed by atoms with E-state index in [2.05, 4.69) is 11.9 Å². The smallest absolute Gasteiger partial charge is 0.253 e. The number of fused-ring (bicyclic) bond motifs is 1. The molecule has 23 heavy (non-hydrogen) atoms. The highest BCUT2D eigenvalue weighted by Crippen LogP contribution is 2.34. The number of piperazine rings is 1. The van der Waals surface area contributed by atoms with Gasteiger partial charge in [-0.15, -0.1) is 0 Å². The maximum Gasteiger partial charge on any atom is 0.253 e. The first kappa shape index (κ1) is 16.3. The normalized spacial score (nSPS) is 22.3. The Morgan fingerprint density at radius 2 is 1.83 bits per heavy atom. The van der Waals surface area contributed by atoms with Gasteiger partial charge < -0.3 is 9.80 Å². The Balaban J connectivity index is 1.85. The van der Waals surface area contributed by atoms with Crippen LogP contribution in [0.1, 0.15) is 22.8 Å². The molecule has 0 aromatic heterocycles. The van der Waals surface area contributed by atoms with Gasteiger partial charge in [0.25, 0.3) is 5.91 Å². The minimum atomic E-state index is -3.29. The Kier molecular flexibility index (Phi) is 4.10. The number of carbonyl (C=O) groups is 1. The van der Waals surface area contributed by atoms with Crippen LogP contribution in [-0.4, -0.2) is 69.6 Å². The van der Waals surface area contributed by atoms with Crippen molar-refractivity contribution >= 4 is 21.6 Å². The molecular formula is C16H23N3O3S. The quantitative estimate of drug-likeness (QED) is 0.800. The van der Waals surface area contributed by atoms with Crippen LogP contribution >= 0.6 is 0 Å². The van der Waals surface area contributed by atoms with Crippen molar-refractivity contribution in [2.75, 3.05) is 43.8 Å². The second-order valence-electron chi connectivity index (χ2n) is 6.55. The van der Waals surface area contributed by atoms with Crippen molar-refractivity contribution < 1.29 is 13.2 Å². The molecule has 0 N–H and O–H groups in total. The molecule has 2 aliphatic rings. The third-order valence-corrected chi connectivity index (χ3v) is 5.90. The molecule has 1 fully saturated rings. The van der Waals surface area contributed by atoms with Crippen LogP contribution in [0.3, 0.4) is 0 Å². The van der Waals surface area contributed by atoms with Gasteiger partial charge in [0.05, 0.1) is 11.9 Å². The molecule has 2 heterocycles. The van der Waals surface area contributed by atoms with Crippen LogP contribution in [0.4, 0.5) is 5.69 Å². The molecule has 1 atom stereocenters. The van der Waals surface area contributed by atoms with E-state index in [1.165, 1.54) is 10.6 Å². The number of anilines is 1. The maximum absolute atomic E-state index is 12.6. The number of hydrogen-bond acceptors (Lipinski definition) is 4. The summed E-state index contributed by atoms with van der Waals surface area (Å²) in [6.07, 6.45) is 1.87. The van der Waals surface area contributed by atoms with Gasteiger partial charge in [-0.1, -0.05) is 0 Å². The van der Waals surface area contributed by atoms with Gasteiger partial charge in [0, 0.05) is 37.8 Å². The predicted molar refractivity (Wildman–Crippen MR) is 90.3 cm³/mol. The minimum absolute atomic E-state index is 0.0337. The van der Waals surface area contributed by atoms with Crippen LogP contribution in [0.2, 0.25) is 0 Å². The molecule has 0 saturated carbocycles. The molecular weight excluding hydrogens is 314 g/mol. The van der Waals surface area contributed by atoms with Crippen LogP contribution in [-0.2, 0) is 16.4 Å². The van der Waals surface area contributed by atoms with E-state index in [1.54, 1.807) is 12.1 Å². The van der Waals surface area contributed by atoms with E-state index >= 15 is 0 Å². The van der Waals surface area contributed by atoms with Crippen LogP contribution in [0.5, 0.6) is 0 Å². The summed E-state index contributed by atoms with van der Waals surface area (Å²) in [6.45, 7) is 5.13. The highest BCUT2D eigenvalue weighted by Gasteiger charge is 2.33. The van der Waals surface area contributed by atoms with Gasteiger partial charge in [0.2, 0.25) is 10.0 Å². The molecule has 6 nitrogen and oxygen atoms in total. The lowest BCUT2D eigenvalue weighted by Crippen LogP contribution is -2.47. The summed E-state index contributed by atoms with van der Waals surface area (Å²) >= 11 is 0. The molecule has 0 spiro atoms. The van der Waals surface area contributed by atoms with Crippen molar-refractivity contribution in [1.82, 2.24) is 9.80 Å². The highest BCUT2D eigenvalue weighted by atomic mass is 32.2. The van der Waals surface area contributed by atoms with Crippen molar-refractivity contribution in [3.05, 3.63) is 29.3 Å². The first-order valence-electron chi connectivity index (χ1n) is 7.87. The number of hydrogen-bond donors (Lipinski definition) is 0. The summed E-state index contributed by atoms with van der Waals surface area (Å²) in [6, 6.07) is 5.27. The Hall–Kier alpha value is -1.60. The van der Waals surface area contributed by atoms with Gasteiger partial charge in [-0.2, -0.15) is 0 Å². The van der Waals surface area contributed by atoms with Crippen molar-refractivity contribution in [3.8, 4) is 0 Å². The van der Waals surface area contributed by atoms with Crippen LogP contribution < -0.4 is 4.31 Å². The molecule has 126 valence electrons. The third kappa shape index (κ3) is 3.07. The van der Waals surface area contributed by atoms with Crippen molar-refractivity contribution in [3.63, 3.8) is 0 Å². The molecule has 0 aliphatic carbocycles. The molecule has 1 aromatic carbocycles. The Morgan fingerprint density at radius 1 is 1.17 bits per heavy atom. The molecule has 1 amide bonds. The molecule has 2 aliphatic heterocycles. The van der Waals surface area contributed by atoms with Gasteiger partial charge in [-0.3, -0.25) is 9.10 Å². The molecule has 1 saturated heterocycles. The first-order valence-corrected chi connectivity index (χ1v) is 9.72. The van der Waals surface area contributed by atoms with Crippen LogP contribution in [0.15, 0.2) is 18.2 Å². The average molecular weight is 337 g/mol. The molecule has 3 rings (SSSR count). The summed E-state index contributed by atoms with van der Waals surface area (Å²) < 4.78 is 25.4. The van der Waals surface area contributed by atoms with Gasteiger partial charge in [0.15, 0.2) is 0 Å². The molecule has 7 heteroatoms. The number of likely N-dealkylation sites (N-methyl/N-ethyl adjacent to an activating group) is 1. The SMILES string of the molecule is CC1Cc2cc(C(=O)N3CCN(C)CC3)ccc2N1S(C)(=O)=O. The summed E-state index contributed by atoms with van der Waals surface area (Å²) in [5.41, 5.74) is 2.29. The second-order valence-corrected chi connectivity index (χ2v) is 8.41. The number of sulfonamides is 1. The minimum Gasteiger partial charge on any atom is -0.336 e. The monoisotopic (exact) mass is 337 g/mol. The zero-order valence-electron chi connectivity index (χ0n) is 13.8. The number of carbonyl (C=O) groups excluding carboxylic acids is 1. The lowest BCUT2D eigenvalue weighted by atomic mass is 10.1. The second kappa shape index (κ2) is 5.79. The summed E-state index contributed by atoms with van der Waals surface area (Å²) in [5.74, 6) is 0.0337. The maximum atomic E-state index is 12.6. The predicted octanol–water partition coefficient (Wildman–Crippen LogP) is 0.785. The zero-order valence-corrected chi connectivity index (χ0v) is 14.6. The topological polar surface area (TPSA) is 60.9 Å². The van der Waals surface area contributed by atoms with Crippen molar-refractivity contribution in [1.29, 1.82) is 0 Å². The van der Waals surface area contributed by atoms with Gasteiger partial charge in [-0.05, 0) is 44.2 Å². The fraction of sp³-hybridized carbons (Fsp3) is 0.562. The number of amides is 1. The first-order chi connectivity index (χ1) is 10.8. The fourth-order valence-corrected chi connectivity index (χ4v) is 4.70. The zero-order chi connectivity index (χ0) is 16.8.